The predicted octanol–water partition coefficient (Wildman–Crippen LogP) is 3.60. The first kappa shape index (κ1) is 23.1. The van der Waals surface area contributed by atoms with Gasteiger partial charge >= 0.3 is 6.03 Å². The highest BCUT2D eigenvalue weighted by Gasteiger charge is 2.23. The number of carbonyl (C=O) groups is 2. The van der Waals surface area contributed by atoms with Crippen molar-refractivity contribution in [3.63, 3.8) is 0 Å². The van der Waals surface area contributed by atoms with Crippen molar-refractivity contribution in [1.29, 1.82) is 0 Å². The number of nitrogens with one attached hydrogen (secondary N) is 2. The first-order chi connectivity index (χ1) is 14.3. The summed E-state index contributed by atoms with van der Waals surface area (Å²) in [5.74, 6) is -0.989. The van der Waals surface area contributed by atoms with Crippen molar-refractivity contribution in [2.75, 3.05) is 14.2 Å². The number of amides is 3. The van der Waals surface area contributed by atoms with E-state index in [1.165, 1.54) is 36.3 Å². The van der Waals surface area contributed by atoms with Crippen LogP contribution in [0, 0.1) is 11.6 Å². The summed E-state index contributed by atoms with van der Waals surface area (Å²) in [4.78, 5) is 26.5. The minimum Gasteiger partial charge on any atom is -0.494 e. The fourth-order valence-corrected chi connectivity index (χ4v) is 2.97. The molecule has 30 heavy (non-hydrogen) atoms. The van der Waals surface area contributed by atoms with Crippen LogP contribution in [0.3, 0.4) is 0 Å². The second-order valence-electron chi connectivity index (χ2n) is 6.96. The van der Waals surface area contributed by atoms with Crippen LogP contribution in [0.25, 0.3) is 0 Å². The van der Waals surface area contributed by atoms with E-state index in [0.29, 0.717) is 18.4 Å². The number of methoxy groups -OCH3 is 1. The molecule has 1 atom stereocenters. The maximum absolute atomic E-state index is 13.9. The molecule has 0 aliphatic rings. The molecule has 0 radical (unpaired) electrons. The van der Waals surface area contributed by atoms with Crippen LogP contribution in [0.4, 0.5) is 13.6 Å². The van der Waals surface area contributed by atoms with Crippen LogP contribution in [0.1, 0.15) is 30.9 Å². The van der Waals surface area contributed by atoms with Crippen molar-refractivity contribution in [1.82, 2.24) is 15.5 Å². The summed E-state index contributed by atoms with van der Waals surface area (Å²) < 4.78 is 31.7. The van der Waals surface area contributed by atoms with Crippen LogP contribution < -0.4 is 15.4 Å². The molecule has 0 bridgehead atoms. The lowest BCUT2D eigenvalue weighted by Crippen LogP contribution is -2.50. The molecule has 162 valence electrons. The standard InChI is InChI=1S/C22H27F2N3O3/c1-4-5-19(26-22(29)25-13-15-6-9-17(23)10-7-15)21(28)27(2)14-16-8-11-20(30-3)18(24)12-16/h6-12,19H,4-5,13-14H2,1-3H3,(H2,25,26,29). The molecule has 3 amide bonds. The van der Waals surface area contributed by atoms with Crippen LogP contribution in [0.5, 0.6) is 5.75 Å². The van der Waals surface area contributed by atoms with E-state index in [0.717, 1.165) is 5.56 Å². The third-order valence-electron chi connectivity index (χ3n) is 4.56. The number of hydrogen-bond acceptors (Lipinski definition) is 3. The summed E-state index contributed by atoms with van der Waals surface area (Å²) in [5, 5.41) is 5.35. The number of halogens is 2. The average molecular weight is 419 g/mol. The van der Waals surface area contributed by atoms with Gasteiger partial charge in [-0.3, -0.25) is 4.79 Å². The summed E-state index contributed by atoms with van der Waals surface area (Å²) in [5.41, 5.74) is 1.35. The molecule has 1 unspecified atom stereocenters. The molecule has 0 spiro atoms. The predicted molar refractivity (Wildman–Crippen MR) is 110 cm³/mol. The van der Waals surface area contributed by atoms with E-state index in [2.05, 4.69) is 10.6 Å². The number of hydrogen-bond donors (Lipinski definition) is 2. The lowest BCUT2D eigenvalue weighted by molar-refractivity contribution is -0.132. The number of urea groups is 1. The van der Waals surface area contributed by atoms with Gasteiger partial charge in [-0.05, 0) is 41.8 Å². The van der Waals surface area contributed by atoms with E-state index >= 15 is 0 Å². The highest BCUT2D eigenvalue weighted by Crippen LogP contribution is 2.18. The summed E-state index contributed by atoms with van der Waals surface area (Å²) in [7, 11) is 2.99. The van der Waals surface area contributed by atoms with Crippen molar-refractivity contribution in [2.45, 2.75) is 38.9 Å². The molecule has 0 aromatic heterocycles. The maximum atomic E-state index is 13.9. The van der Waals surface area contributed by atoms with E-state index in [4.69, 9.17) is 4.74 Å². The smallest absolute Gasteiger partial charge is 0.315 e. The average Bonchev–Trinajstić information content (AvgIpc) is 2.72. The molecule has 0 aliphatic carbocycles. The van der Waals surface area contributed by atoms with Crippen LogP contribution in [-0.4, -0.2) is 37.0 Å². The second kappa shape index (κ2) is 11.1. The quantitative estimate of drug-likeness (QED) is 0.653. The molecular weight excluding hydrogens is 392 g/mol. The van der Waals surface area contributed by atoms with Crippen molar-refractivity contribution in [3.05, 3.63) is 65.2 Å². The summed E-state index contributed by atoms with van der Waals surface area (Å²) >= 11 is 0. The third kappa shape index (κ3) is 6.72. The van der Waals surface area contributed by atoms with E-state index in [-0.39, 0.29) is 30.6 Å². The van der Waals surface area contributed by atoms with Crippen LogP contribution in [-0.2, 0) is 17.9 Å². The molecule has 2 aromatic carbocycles. The molecule has 6 nitrogen and oxygen atoms in total. The topological polar surface area (TPSA) is 70.7 Å². The zero-order chi connectivity index (χ0) is 22.1. The van der Waals surface area contributed by atoms with Gasteiger partial charge in [-0.25, -0.2) is 13.6 Å². The van der Waals surface area contributed by atoms with Crippen molar-refractivity contribution in [3.8, 4) is 5.75 Å². The van der Waals surface area contributed by atoms with E-state index in [1.807, 2.05) is 6.92 Å². The van der Waals surface area contributed by atoms with Gasteiger partial charge in [0.05, 0.1) is 7.11 Å². The molecule has 0 saturated heterocycles. The Morgan fingerprint density at radius 3 is 2.37 bits per heavy atom. The van der Waals surface area contributed by atoms with Gasteiger partial charge in [-0.1, -0.05) is 31.5 Å². The highest BCUT2D eigenvalue weighted by molar-refractivity contribution is 5.86. The van der Waals surface area contributed by atoms with Crippen LogP contribution in [0.15, 0.2) is 42.5 Å². The molecular formula is C22H27F2N3O3. The van der Waals surface area contributed by atoms with Crippen LogP contribution in [0.2, 0.25) is 0 Å². The molecule has 2 aromatic rings. The Hall–Kier alpha value is -3.16. The fraction of sp³-hybridized carbons (Fsp3) is 0.364. The van der Waals surface area contributed by atoms with Gasteiger partial charge in [0.1, 0.15) is 11.9 Å². The van der Waals surface area contributed by atoms with Crippen molar-refractivity contribution >= 4 is 11.9 Å². The third-order valence-corrected chi connectivity index (χ3v) is 4.56. The SMILES string of the molecule is CCCC(NC(=O)NCc1ccc(F)cc1)C(=O)N(C)Cc1ccc(OC)c(F)c1. The van der Waals surface area contributed by atoms with E-state index in [1.54, 1.807) is 25.2 Å². The number of likely N-dealkylation sites (N-methyl/N-ethyl adjacent to an activating group) is 1. The van der Waals surface area contributed by atoms with Gasteiger partial charge in [0, 0.05) is 20.1 Å². The van der Waals surface area contributed by atoms with E-state index in [9.17, 15) is 18.4 Å². The Morgan fingerprint density at radius 1 is 1.10 bits per heavy atom. The van der Waals surface area contributed by atoms with Crippen molar-refractivity contribution in [2.24, 2.45) is 0 Å². The lowest BCUT2D eigenvalue weighted by Gasteiger charge is -2.25. The minimum absolute atomic E-state index is 0.135. The number of carbonyl (C=O) groups excluding carboxylic acids is 2. The molecule has 0 aliphatic heterocycles. The number of ether oxygens (including phenoxy) is 1. The lowest BCUT2D eigenvalue weighted by atomic mass is 10.1. The zero-order valence-electron chi connectivity index (χ0n) is 17.4. The fourth-order valence-electron chi connectivity index (χ4n) is 2.97. The van der Waals surface area contributed by atoms with Gasteiger partial charge in [-0.15, -0.1) is 0 Å². The minimum atomic E-state index is -0.712. The van der Waals surface area contributed by atoms with Gasteiger partial charge in [0.15, 0.2) is 11.6 Å². The largest absolute Gasteiger partial charge is 0.494 e. The second-order valence-corrected chi connectivity index (χ2v) is 6.96. The molecule has 0 fully saturated rings. The monoisotopic (exact) mass is 419 g/mol. The Balaban J connectivity index is 1.94. The van der Waals surface area contributed by atoms with Crippen LogP contribution >= 0.6 is 0 Å². The molecule has 2 N–H and O–H groups in total. The Morgan fingerprint density at radius 2 is 1.77 bits per heavy atom. The molecule has 2 rings (SSSR count). The van der Waals surface area contributed by atoms with E-state index < -0.39 is 17.9 Å². The first-order valence-corrected chi connectivity index (χ1v) is 9.70. The van der Waals surface area contributed by atoms with Gasteiger partial charge in [-0.2, -0.15) is 0 Å². The molecule has 0 saturated carbocycles. The van der Waals surface area contributed by atoms with Gasteiger partial charge in [0.2, 0.25) is 5.91 Å². The van der Waals surface area contributed by atoms with Gasteiger partial charge < -0.3 is 20.3 Å². The maximum Gasteiger partial charge on any atom is 0.315 e. The zero-order valence-corrected chi connectivity index (χ0v) is 17.4. The summed E-state index contributed by atoms with van der Waals surface area (Å²) in [6.45, 7) is 2.32. The van der Waals surface area contributed by atoms with Gasteiger partial charge in [0.25, 0.3) is 0 Å². The Kier molecular flexibility index (Phi) is 8.58. The number of benzene rings is 2. The Labute approximate surface area is 175 Å². The summed E-state index contributed by atoms with van der Waals surface area (Å²) in [6, 6.07) is 9.09. The highest BCUT2D eigenvalue weighted by atomic mass is 19.1. The first-order valence-electron chi connectivity index (χ1n) is 9.70. The Bertz CT molecular complexity index is 859. The molecule has 8 heteroatoms. The molecule has 0 heterocycles. The number of nitrogens with zero attached hydrogens (tertiary/aromatic N) is 1. The summed E-state index contributed by atoms with van der Waals surface area (Å²) in [6.07, 6.45) is 1.16. The number of rotatable bonds is 9. The van der Waals surface area contributed by atoms with Crippen molar-refractivity contribution < 1.29 is 23.1 Å². The normalized spacial score (nSPS) is 11.5.